The monoisotopic (exact) mass is 495 g/mol. The molecule has 0 spiro atoms. The van der Waals surface area contributed by atoms with Crippen LogP contribution in [-0.4, -0.2) is 24.7 Å². The van der Waals surface area contributed by atoms with E-state index in [1.54, 1.807) is 6.07 Å². The second-order valence-electron chi connectivity index (χ2n) is 8.98. The molecule has 6 heteroatoms. The smallest absolute Gasteiger partial charge is 0.216 e. The van der Waals surface area contributed by atoms with E-state index in [4.69, 9.17) is 21.1 Å². The standard InChI is InChI=1S/C29H31ClFNO3/c1-20(33)32-16-15-21-9-10-27(18-28(21)22-6-4-7-24(31)17-22)35-26-13-11-25(12-14-26)34-19-23-5-2-3-8-29(23)30/h2-10,17-18,25-26H,11-16,19H2,1H3,(H,32,33). The second-order valence-corrected chi connectivity index (χ2v) is 9.39. The van der Waals surface area contributed by atoms with Gasteiger partial charge >= 0.3 is 0 Å². The zero-order valence-corrected chi connectivity index (χ0v) is 20.7. The van der Waals surface area contributed by atoms with Gasteiger partial charge in [0.25, 0.3) is 0 Å². The molecule has 1 aliphatic carbocycles. The van der Waals surface area contributed by atoms with Crippen molar-refractivity contribution in [3.8, 4) is 16.9 Å². The van der Waals surface area contributed by atoms with Crippen molar-refractivity contribution in [2.75, 3.05) is 6.54 Å². The molecule has 1 N–H and O–H groups in total. The molecular formula is C29H31ClFNO3. The SMILES string of the molecule is CC(=O)NCCc1ccc(OC2CCC(OCc3ccccc3Cl)CC2)cc1-c1cccc(F)c1. The first-order chi connectivity index (χ1) is 17.0. The average molecular weight is 496 g/mol. The van der Waals surface area contributed by atoms with E-state index >= 15 is 0 Å². The fourth-order valence-electron chi connectivity index (χ4n) is 4.48. The van der Waals surface area contributed by atoms with Gasteiger partial charge < -0.3 is 14.8 Å². The highest BCUT2D eigenvalue weighted by Crippen LogP contribution is 2.32. The van der Waals surface area contributed by atoms with Gasteiger partial charge in [0.05, 0.1) is 18.8 Å². The van der Waals surface area contributed by atoms with Gasteiger partial charge in [-0.05, 0) is 84.7 Å². The largest absolute Gasteiger partial charge is 0.490 e. The third kappa shape index (κ3) is 7.30. The molecule has 35 heavy (non-hydrogen) atoms. The van der Waals surface area contributed by atoms with E-state index < -0.39 is 0 Å². The van der Waals surface area contributed by atoms with Crippen LogP contribution < -0.4 is 10.1 Å². The van der Waals surface area contributed by atoms with Crippen LogP contribution in [-0.2, 0) is 22.6 Å². The molecule has 0 bridgehead atoms. The summed E-state index contributed by atoms with van der Waals surface area (Å²) in [5.74, 6) is 0.424. The normalized spacial score (nSPS) is 17.7. The molecule has 1 fully saturated rings. The number of hydrogen-bond donors (Lipinski definition) is 1. The minimum atomic E-state index is -0.281. The lowest BCUT2D eigenvalue weighted by atomic mass is 9.94. The number of amides is 1. The first-order valence-electron chi connectivity index (χ1n) is 12.1. The maximum atomic E-state index is 13.9. The summed E-state index contributed by atoms with van der Waals surface area (Å²) in [6, 6.07) is 20.3. The molecule has 1 amide bonds. The van der Waals surface area contributed by atoms with Gasteiger partial charge in [-0.1, -0.05) is 48.0 Å². The molecule has 0 heterocycles. The topological polar surface area (TPSA) is 47.6 Å². The molecule has 4 nitrogen and oxygen atoms in total. The van der Waals surface area contributed by atoms with E-state index in [9.17, 15) is 9.18 Å². The summed E-state index contributed by atoms with van der Waals surface area (Å²) < 4.78 is 26.4. The summed E-state index contributed by atoms with van der Waals surface area (Å²) >= 11 is 6.23. The zero-order valence-electron chi connectivity index (χ0n) is 19.9. The lowest BCUT2D eigenvalue weighted by molar-refractivity contribution is -0.118. The van der Waals surface area contributed by atoms with Gasteiger partial charge in [-0.2, -0.15) is 0 Å². The minimum Gasteiger partial charge on any atom is -0.490 e. The van der Waals surface area contributed by atoms with E-state index in [1.807, 2.05) is 48.5 Å². The van der Waals surface area contributed by atoms with Crippen LogP contribution in [0.4, 0.5) is 4.39 Å². The predicted molar refractivity (Wildman–Crippen MR) is 137 cm³/mol. The van der Waals surface area contributed by atoms with Gasteiger partial charge in [0.2, 0.25) is 5.91 Å². The van der Waals surface area contributed by atoms with E-state index in [0.717, 1.165) is 58.7 Å². The van der Waals surface area contributed by atoms with Crippen molar-refractivity contribution in [1.29, 1.82) is 0 Å². The molecule has 0 aromatic heterocycles. The maximum absolute atomic E-state index is 13.9. The van der Waals surface area contributed by atoms with Crippen LogP contribution in [0.15, 0.2) is 66.7 Å². The van der Waals surface area contributed by atoms with Crippen LogP contribution >= 0.6 is 11.6 Å². The van der Waals surface area contributed by atoms with Crippen molar-refractivity contribution in [2.24, 2.45) is 0 Å². The van der Waals surface area contributed by atoms with Gasteiger partial charge in [0.15, 0.2) is 0 Å². The highest BCUT2D eigenvalue weighted by molar-refractivity contribution is 6.31. The Bertz CT molecular complexity index is 1140. The molecule has 1 aliphatic rings. The first-order valence-corrected chi connectivity index (χ1v) is 12.5. The molecule has 0 radical (unpaired) electrons. The van der Waals surface area contributed by atoms with Gasteiger partial charge in [-0.25, -0.2) is 4.39 Å². The summed E-state index contributed by atoms with van der Waals surface area (Å²) in [6.07, 6.45) is 4.64. The highest BCUT2D eigenvalue weighted by atomic mass is 35.5. The molecule has 1 saturated carbocycles. The van der Waals surface area contributed by atoms with Crippen LogP contribution in [0.1, 0.15) is 43.7 Å². The number of carbonyl (C=O) groups is 1. The summed E-state index contributed by atoms with van der Waals surface area (Å²) in [4.78, 5) is 11.3. The van der Waals surface area contributed by atoms with E-state index in [1.165, 1.54) is 19.1 Å². The Morgan fingerprint density at radius 3 is 2.49 bits per heavy atom. The number of halogens is 2. The number of nitrogens with one attached hydrogen (secondary N) is 1. The highest BCUT2D eigenvalue weighted by Gasteiger charge is 2.23. The summed E-state index contributed by atoms with van der Waals surface area (Å²) in [5, 5.41) is 3.56. The number of hydrogen-bond acceptors (Lipinski definition) is 3. The lowest BCUT2D eigenvalue weighted by Crippen LogP contribution is -2.28. The average Bonchev–Trinajstić information content (AvgIpc) is 2.85. The van der Waals surface area contributed by atoms with Crippen LogP contribution in [0.25, 0.3) is 11.1 Å². The third-order valence-electron chi connectivity index (χ3n) is 6.34. The van der Waals surface area contributed by atoms with Crippen LogP contribution in [0.3, 0.4) is 0 Å². The Labute approximate surface area is 211 Å². The first kappa shape index (κ1) is 25.2. The number of carbonyl (C=O) groups excluding carboxylic acids is 1. The fraction of sp³-hybridized carbons (Fsp3) is 0.345. The quantitative estimate of drug-likeness (QED) is 0.358. The van der Waals surface area contributed by atoms with Crippen molar-refractivity contribution in [1.82, 2.24) is 5.32 Å². The number of rotatable bonds is 9. The molecule has 184 valence electrons. The Hall–Kier alpha value is -2.89. The number of ether oxygens (including phenoxy) is 2. The molecule has 0 aliphatic heterocycles. The summed E-state index contributed by atoms with van der Waals surface area (Å²) in [6.45, 7) is 2.55. The van der Waals surface area contributed by atoms with Gasteiger partial charge in [-0.3, -0.25) is 4.79 Å². The Kier molecular flexibility index (Phi) is 8.78. The van der Waals surface area contributed by atoms with Gasteiger partial charge in [0.1, 0.15) is 11.6 Å². The van der Waals surface area contributed by atoms with Crippen molar-refractivity contribution in [3.05, 3.63) is 88.7 Å². The van der Waals surface area contributed by atoms with Crippen LogP contribution in [0.2, 0.25) is 5.02 Å². The summed E-state index contributed by atoms with van der Waals surface area (Å²) in [5.41, 5.74) is 3.76. The van der Waals surface area contributed by atoms with Gasteiger partial charge in [-0.15, -0.1) is 0 Å². The summed E-state index contributed by atoms with van der Waals surface area (Å²) in [7, 11) is 0. The Morgan fingerprint density at radius 2 is 1.74 bits per heavy atom. The predicted octanol–water partition coefficient (Wildman–Crippen LogP) is 6.73. The minimum absolute atomic E-state index is 0.0660. The Morgan fingerprint density at radius 1 is 0.971 bits per heavy atom. The van der Waals surface area contributed by atoms with Crippen molar-refractivity contribution in [3.63, 3.8) is 0 Å². The zero-order chi connectivity index (χ0) is 24.6. The van der Waals surface area contributed by atoms with Crippen molar-refractivity contribution < 1.29 is 18.7 Å². The third-order valence-corrected chi connectivity index (χ3v) is 6.71. The van der Waals surface area contributed by atoms with Gasteiger partial charge in [0, 0.05) is 18.5 Å². The molecule has 0 atom stereocenters. The van der Waals surface area contributed by atoms with Crippen molar-refractivity contribution in [2.45, 2.75) is 57.8 Å². The van der Waals surface area contributed by atoms with E-state index in [2.05, 4.69) is 5.32 Å². The second kappa shape index (κ2) is 12.2. The Balaban J connectivity index is 1.38. The van der Waals surface area contributed by atoms with Crippen LogP contribution in [0.5, 0.6) is 5.75 Å². The number of benzene rings is 3. The molecule has 3 aromatic carbocycles. The van der Waals surface area contributed by atoms with E-state index in [0.29, 0.717) is 19.6 Å². The van der Waals surface area contributed by atoms with Crippen LogP contribution in [0, 0.1) is 5.82 Å². The molecule has 3 aromatic rings. The molecule has 0 saturated heterocycles. The maximum Gasteiger partial charge on any atom is 0.216 e. The lowest BCUT2D eigenvalue weighted by Gasteiger charge is -2.29. The van der Waals surface area contributed by atoms with E-state index in [-0.39, 0.29) is 23.9 Å². The molecule has 0 unspecified atom stereocenters. The van der Waals surface area contributed by atoms with Crippen molar-refractivity contribution >= 4 is 17.5 Å². The molecular weight excluding hydrogens is 465 g/mol. The molecule has 4 rings (SSSR count). The fourth-order valence-corrected chi connectivity index (χ4v) is 4.67.